The molecule has 0 fully saturated rings. The Labute approximate surface area is 164 Å². The van der Waals surface area contributed by atoms with Gasteiger partial charge < -0.3 is 0 Å². The third kappa shape index (κ3) is 7.06. The van der Waals surface area contributed by atoms with Crippen LogP contribution in [-0.4, -0.2) is 14.8 Å². The summed E-state index contributed by atoms with van der Waals surface area (Å²) in [6.45, 7) is 4.39. The van der Waals surface area contributed by atoms with Crippen LogP contribution in [-0.2, 0) is 6.42 Å². The largest absolute Gasteiger partial charge is 0.272 e. The highest BCUT2D eigenvalue weighted by atomic mass is 32.1. The second-order valence-corrected chi connectivity index (χ2v) is 7.79. The quantitative estimate of drug-likeness (QED) is 0.300. The van der Waals surface area contributed by atoms with Crippen molar-refractivity contribution in [3.63, 3.8) is 0 Å². The van der Waals surface area contributed by atoms with E-state index in [1.807, 2.05) is 0 Å². The molecule has 0 atom stereocenters. The molecule has 0 radical (unpaired) electrons. The third-order valence-corrected chi connectivity index (χ3v) is 5.28. The summed E-state index contributed by atoms with van der Waals surface area (Å²) in [4.78, 5) is 0. The first-order valence-electron chi connectivity index (χ1n) is 10.5. The highest BCUT2D eigenvalue weighted by Crippen LogP contribution is 2.16. The standard InChI is InChI=1S/C22H35N3S/c1-3-4-5-6-7-8-9-10-11-12-13-17-21-23-24-22(26)25(21)20-16-14-15-19(2)18-20/h14-16,18H,3-13,17H2,1-2H3,(H,24,26). The van der Waals surface area contributed by atoms with E-state index in [9.17, 15) is 0 Å². The first kappa shape index (κ1) is 20.9. The molecular formula is C22H35N3S. The van der Waals surface area contributed by atoms with E-state index >= 15 is 0 Å². The van der Waals surface area contributed by atoms with Crippen molar-refractivity contribution in [2.45, 2.75) is 90.9 Å². The maximum absolute atomic E-state index is 5.43. The summed E-state index contributed by atoms with van der Waals surface area (Å²) >= 11 is 5.43. The van der Waals surface area contributed by atoms with Gasteiger partial charge in [0.2, 0.25) is 0 Å². The van der Waals surface area contributed by atoms with E-state index in [1.54, 1.807) is 0 Å². The summed E-state index contributed by atoms with van der Waals surface area (Å²) in [5.74, 6) is 1.05. The molecule has 4 heteroatoms. The molecule has 1 aromatic carbocycles. The van der Waals surface area contributed by atoms with Gasteiger partial charge in [-0.25, -0.2) is 0 Å². The van der Waals surface area contributed by atoms with Crippen LogP contribution in [0.15, 0.2) is 24.3 Å². The van der Waals surface area contributed by atoms with Crippen LogP contribution in [0.25, 0.3) is 5.69 Å². The van der Waals surface area contributed by atoms with Gasteiger partial charge >= 0.3 is 0 Å². The molecule has 0 aliphatic heterocycles. The molecule has 1 heterocycles. The van der Waals surface area contributed by atoms with Gasteiger partial charge in [0, 0.05) is 12.1 Å². The second kappa shape index (κ2) is 12.1. The van der Waals surface area contributed by atoms with Crippen LogP contribution in [0.4, 0.5) is 0 Å². The minimum absolute atomic E-state index is 0.689. The fraction of sp³-hybridized carbons (Fsp3) is 0.636. The number of aromatic amines is 1. The Kier molecular flexibility index (Phi) is 9.68. The normalized spacial score (nSPS) is 11.2. The van der Waals surface area contributed by atoms with E-state index in [1.165, 1.54) is 76.2 Å². The van der Waals surface area contributed by atoms with Crippen molar-refractivity contribution in [1.82, 2.24) is 14.8 Å². The van der Waals surface area contributed by atoms with Gasteiger partial charge in [0.1, 0.15) is 5.82 Å². The van der Waals surface area contributed by atoms with Crippen LogP contribution in [0.1, 0.15) is 88.9 Å². The number of nitrogens with zero attached hydrogens (tertiary/aromatic N) is 2. The van der Waals surface area contributed by atoms with E-state index in [0.29, 0.717) is 4.77 Å². The van der Waals surface area contributed by atoms with Crippen molar-refractivity contribution in [3.05, 3.63) is 40.4 Å². The van der Waals surface area contributed by atoms with Crippen LogP contribution in [0, 0.1) is 11.7 Å². The molecule has 0 bridgehead atoms. The third-order valence-electron chi connectivity index (χ3n) is 5.01. The number of aryl methyl sites for hydroxylation is 2. The molecule has 1 aromatic heterocycles. The van der Waals surface area contributed by atoms with Gasteiger partial charge in [-0.15, -0.1) is 0 Å². The Morgan fingerprint density at radius 3 is 2.15 bits per heavy atom. The molecule has 3 nitrogen and oxygen atoms in total. The van der Waals surface area contributed by atoms with Crippen LogP contribution >= 0.6 is 12.2 Å². The van der Waals surface area contributed by atoms with E-state index < -0.39 is 0 Å². The molecule has 0 saturated carbocycles. The summed E-state index contributed by atoms with van der Waals surface area (Å²) < 4.78 is 2.77. The Morgan fingerprint density at radius 2 is 1.54 bits per heavy atom. The highest BCUT2D eigenvalue weighted by Gasteiger charge is 2.08. The summed E-state index contributed by atoms with van der Waals surface area (Å²) in [6, 6.07) is 8.44. The fourth-order valence-corrected chi connectivity index (χ4v) is 3.73. The Balaban J connectivity index is 1.66. The van der Waals surface area contributed by atoms with E-state index in [-0.39, 0.29) is 0 Å². The molecule has 0 aliphatic carbocycles. The average molecular weight is 374 g/mol. The van der Waals surface area contributed by atoms with Crippen LogP contribution in [0.5, 0.6) is 0 Å². The number of nitrogens with one attached hydrogen (secondary N) is 1. The molecule has 144 valence electrons. The summed E-state index contributed by atoms with van der Waals surface area (Å²) in [5, 5.41) is 7.41. The van der Waals surface area contributed by atoms with Crippen molar-refractivity contribution in [2.24, 2.45) is 0 Å². The minimum Gasteiger partial charge on any atom is -0.272 e. The van der Waals surface area contributed by atoms with Gasteiger partial charge in [-0.2, -0.15) is 5.10 Å². The van der Waals surface area contributed by atoms with E-state index in [4.69, 9.17) is 12.2 Å². The van der Waals surface area contributed by atoms with Crippen molar-refractivity contribution in [3.8, 4) is 5.69 Å². The second-order valence-electron chi connectivity index (χ2n) is 7.40. The molecule has 0 amide bonds. The summed E-state index contributed by atoms with van der Waals surface area (Å²) in [5.41, 5.74) is 2.35. The topological polar surface area (TPSA) is 33.6 Å². The van der Waals surface area contributed by atoms with Crippen LogP contribution in [0.2, 0.25) is 0 Å². The zero-order chi connectivity index (χ0) is 18.6. The Bertz CT molecular complexity index is 687. The van der Waals surface area contributed by atoms with Gasteiger partial charge in [-0.05, 0) is 43.3 Å². The van der Waals surface area contributed by atoms with Gasteiger partial charge in [0.25, 0.3) is 0 Å². The number of H-pyrrole nitrogens is 1. The van der Waals surface area contributed by atoms with Gasteiger partial charge in [0.15, 0.2) is 4.77 Å². The molecular weight excluding hydrogens is 338 g/mol. The molecule has 1 N–H and O–H groups in total. The number of benzene rings is 1. The lowest BCUT2D eigenvalue weighted by Crippen LogP contribution is -2.02. The zero-order valence-corrected chi connectivity index (χ0v) is 17.4. The summed E-state index contributed by atoms with van der Waals surface area (Å²) in [6.07, 6.45) is 16.0. The smallest absolute Gasteiger partial charge is 0.199 e. The van der Waals surface area contributed by atoms with Crippen LogP contribution in [0.3, 0.4) is 0 Å². The fourth-order valence-electron chi connectivity index (χ4n) is 3.48. The minimum atomic E-state index is 0.689. The zero-order valence-electron chi connectivity index (χ0n) is 16.6. The monoisotopic (exact) mass is 373 g/mol. The van der Waals surface area contributed by atoms with Gasteiger partial charge in [-0.1, -0.05) is 83.3 Å². The molecule has 0 saturated heterocycles. The number of aromatic nitrogens is 3. The maximum atomic E-state index is 5.43. The Hall–Kier alpha value is -1.42. The lowest BCUT2D eigenvalue weighted by atomic mass is 10.1. The maximum Gasteiger partial charge on any atom is 0.199 e. The highest BCUT2D eigenvalue weighted by molar-refractivity contribution is 7.71. The van der Waals surface area contributed by atoms with Crippen LogP contribution < -0.4 is 0 Å². The number of hydrogen-bond acceptors (Lipinski definition) is 2. The number of unbranched alkanes of at least 4 members (excludes halogenated alkanes) is 10. The molecule has 2 aromatic rings. The number of rotatable bonds is 13. The molecule has 2 rings (SSSR count). The molecule has 0 spiro atoms. The predicted octanol–water partition coefficient (Wildman–Crippen LogP) is 7.09. The van der Waals surface area contributed by atoms with E-state index in [2.05, 4.69) is 52.9 Å². The van der Waals surface area contributed by atoms with Crippen molar-refractivity contribution >= 4 is 12.2 Å². The first-order valence-corrected chi connectivity index (χ1v) is 10.9. The lowest BCUT2D eigenvalue weighted by Gasteiger charge is -2.08. The van der Waals surface area contributed by atoms with Crippen molar-refractivity contribution in [2.75, 3.05) is 0 Å². The SMILES string of the molecule is CCCCCCCCCCCCCc1n[nH]c(=S)n1-c1cccc(C)c1. The Morgan fingerprint density at radius 1 is 0.923 bits per heavy atom. The summed E-state index contributed by atoms with van der Waals surface area (Å²) in [7, 11) is 0. The van der Waals surface area contributed by atoms with Gasteiger partial charge in [0.05, 0.1) is 0 Å². The molecule has 0 unspecified atom stereocenters. The average Bonchev–Trinajstić information content (AvgIpc) is 3.00. The van der Waals surface area contributed by atoms with Crippen molar-refractivity contribution < 1.29 is 0 Å². The molecule has 0 aliphatic rings. The lowest BCUT2D eigenvalue weighted by molar-refractivity contribution is 0.547. The van der Waals surface area contributed by atoms with E-state index in [0.717, 1.165) is 17.9 Å². The van der Waals surface area contributed by atoms with Gasteiger partial charge in [-0.3, -0.25) is 9.67 Å². The van der Waals surface area contributed by atoms with Crippen molar-refractivity contribution in [1.29, 1.82) is 0 Å². The molecule has 26 heavy (non-hydrogen) atoms. The predicted molar refractivity (Wildman–Crippen MR) is 114 cm³/mol. The number of hydrogen-bond donors (Lipinski definition) is 1. The first-order chi connectivity index (χ1) is 12.7.